The highest BCUT2D eigenvalue weighted by Gasteiger charge is 2.20. The van der Waals surface area contributed by atoms with Gasteiger partial charge in [-0.3, -0.25) is 0 Å². The molecule has 0 spiro atoms. The molecular weight excluding hydrogens is 376 g/mol. The third kappa shape index (κ3) is 4.92. The summed E-state index contributed by atoms with van der Waals surface area (Å²) in [5.74, 6) is 1.02. The maximum absolute atomic E-state index is 3.66. The van der Waals surface area contributed by atoms with Crippen LogP contribution >= 0.6 is 0 Å². The molecule has 1 N–H and O–H groups in total. The number of nitrogens with zero attached hydrogens (tertiary/aromatic N) is 1. The van der Waals surface area contributed by atoms with Crippen LogP contribution in [0.3, 0.4) is 0 Å². The standard InChI is InChI=1S/C26H22N2.ClH/c1-21-17-19-23(20-18-21)27-26(22-11-5-2-6-12-22)28(24-13-7-3-8-14-24)25-15-9-4-10-16-25;/h2-20H,1H3;1H. The van der Waals surface area contributed by atoms with Crippen molar-refractivity contribution < 1.29 is 12.4 Å². The topological polar surface area (TPSA) is 15.0 Å². The molecule has 144 valence electrons. The molecule has 29 heavy (non-hydrogen) atoms. The van der Waals surface area contributed by atoms with E-state index in [2.05, 4.69) is 114 Å². The van der Waals surface area contributed by atoms with Gasteiger partial charge in [0.25, 0.3) is 5.84 Å². The number of nitrogens with one attached hydrogen (secondary N) is 1. The van der Waals surface area contributed by atoms with Gasteiger partial charge in [-0.15, -0.1) is 0 Å². The monoisotopic (exact) mass is 398 g/mol. The van der Waals surface area contributed by atoms with E-state index in [1.54, 1.807) is 0 Å². The first-order valence-electron chi connectivity index (χ1n) is 9.47. The van der Waals surface area contributed by atoms with Crippen LogP contribution in [0.5, 0.6) is 0 Å². The Balaban J connectivity index is 0.00000240. The zero-order chi connectivity index (χ0) is 19.2. The van der Waals surface area contributed by atoms with E-state index in [1.165, 1.54) is 5.56 Å². The first kappa shape index (κ1) is 20.4. The van der Waals surface area contributed by atoms with E-state index in [0.29, 0.717) is 0 Å². The summed E-state index contributed by atoms with van der Waals surface area (Å²) in [6.45, 7) is 2.10. The second-order valence-electron chi connectivity index (χ2n) is 6.71. The summed E-state index contributed by atoms with van der Waals surface area (Å²) < 4.78 is 2.26. The van der Waals surface area contributed by atoms with Gasteiger partial charge in [0.05, 0.1) is 5.56 Å². The van der Waals surface area contributed by atoms with Crippen molar-refractivity contribution in [3.8, 4) is 0 Å². The molecule has 2 nitrogen and oxygen atoms in total. The van der Waals surface area contributed by atoms with Crippen LogP contribution in [0.15, 0.2) is 115 Å². The van der Waals surface area contributed by atoms with Crippen LogP contribution in [0.2, 0.25) is 0 Å². The molecular formula is C26H23ClN2. The van der Waals surface area contributed by atoms with Crippen LogP contribution in [0, 0.1) is 6.92 Å². The molecule has 0 fully saturated rings. The summed E-state index contributed by atoms with van der Waals surface area (Å²) in [6, 6.07) is 39.8. The molecule has 0 saturated heterocycles. The molecule has 0 unspecified atom stereocenters. The van der Waals surface area contributed by atoms with Gasteiger partial charge in [0.2, 0.25) is 0 Å². The van der Waals surface area contributed by atoms with Crippen molar-refractivity contribution in [1.82, 2.24) is 4.58 Å². The Morgan fingerprint density at radius 2 is 1.03 bits per heavy atom. The van der Waals surface area contributed by atoms with Crippen LogP contribution in [-0.4, -0.2) is 5.84 Å². The normalized spacial score (nSPS) is 9.97. The van der Waals surface area contributed by atoms with Crippen molar-refractivity contribution in [2.24, 2.45) is 0 Å². The quantitative estimate of drug-likeness (QED) is 0.316. The zero-order valence-electron chi connectivity index (χ0n) is 16.3. The Hall–Kier alpha value is -3.36. The maximum Gasteiger partial charge on any atom is 0.292 e. The lowest BCUT2D eigenvalue weighted by molar-refractivity contribution is -0.00000557. The molecule has 0 atom stereocenters. The first-order valence-corrected chi connectivity index (χ1v) is 9.47. The molecule has 4 aromatic carbocycles. The largest absolute Gasteiger partial charge is 1.00 e. The van der Waals surface area contributed by atoms with E-state index in [1.807, 2.05) is 18.2 Å². The molecule has 0 heterocycles. The summed E-state index contributed by atoms with van der Waals surface area (Å²) in [5.41, 5.74) is 5.63. The number of aryl methyl sites for hydroxylation is 1. The van der Waals surface area contributed by atoms with E-state index < -0.39 is 0 Å². The summed E-state index contributed by atoms with van der Waals surface area (Å²) in [4.78, 5) is 0. The molecule has 0 aliphatic rings. The molecule has 0 amide bonds. The van der Waals surface area contributed by atoms with Gasteiger partial charge in [-0.1, -0.05) is 72.3 Å². The Bertz CT molecular complexity index is 1020. The summed E-state index contributed by atoms with van der Waals surface area (Å²) in [6.07, 6.45) is 0. The van der Waals surface area contributed by atoms with Gasteiger partial charge >= 0.3 is 0 Å². The lowest BCUT2D eigenvalue weighted by atomic mass is 10.1. The van der Waals surface area contributed by atoms with Crippen molar-refractivity contribution in [2.45, 2.75) is 6.92 Å². The van der Waals surface area contributed by atoms with E-state index in [0.717, 1.165) is 28.5 Å². The maximum atomic E-state index is 3.66. The van der Waals surface area contributed by atoms with Crippen LogP contribution in [0.4, 0.5) is 17.1 Å². The molecule has 0 bridgehead atoms. The zero-order valence-corrected chi connectivity index (χ0v) is 17.1. The van der Waals surface area contributed by atoms with Gasteiger partial charge in [0.15, 0.2) is 0 Å². The average molecular weight is 399 g/mol. The number of benzene rings is 4. The van der Waals surface area contributed by atoms with Gasteiger partial charge in [-0.05, 0) is 55.5 Å². The van der Waals surface area contributed by atoms with Gasteiger partial charge in [-0.25, -0.2) is 5.32 Å². The number of anilines is 1. The van der Waals surface area contributed by atoms with Crippen molar-refractivity contribution in [3.05, 3.63) is 126 Å². The minimum atomic E-state index is 0. The highest BCUT2D eigenvalue weighted by Crippen LogP contribution is 2.23. The van der Waals surface area contributed by atoms with Crippen molar-refractivity contribution in [3.63, 3.8) is 0 Å². The van der Waals surface area contributed by atoms with Gasteiger partial charge in [-0.2, -0.15) is 4.58 Å². The Kier molecular flexibility index (Phi) is 6.83. The predicted molar refractivity (Wildman–Crippen MR) is 120 cm³/mol. The fraction of sp³-hybridized carbons (Fsp3) is 0.0385. The fourth-order valence-electron chi connectivity index (χ4n) is 3.19. The van der Waals surface area contributed by atoms with Crippen molar-refractivity contribution in [1.29, 1.82) is 0 Å². The van der Waals surface area contributed by atoms with Crippen molar-refractivity contribution in [2.75, 3.05) is 5.32 Å². The van der Waals surface area contributed by atoms with Crippen LogP contribution in [0.25, 0.3) is 0 Å². The van der Waals surface area contributed by atoms with Gasteiger partial charge in [0, 0.05) is 0 Å². The summed E-state index contributed by atoms with van der Waals surface area (Å²) in [5, 5.41) is 3.66. The molecule has 0 saturated carbocycles. The van der Waals surface area contributed by atoms with Crippen molar-refractivity contribution >= 4 is 22.9 Å². The van der Waals surface area contributed by atoms with E-state index in [9.17, 15) is 0 Å². The number of amidine groups is 1. The Morgan fingerprint density at radius 1 is 0.586 bits per heavy atom. The van der Waals surface area contributed by atoms with E-state index >= 15 is 0 Å². The second-order valence-corrected chi connectivity index (χ2v) is 6.71. The highest BCUT2D eigenvalue weighted by atomic mass is 35.5. The lowest BCUT2D eigenvalue weighted by Crippen LogP contribution is -3.00. The smallest absolute Gasteiger partial charge is 0.292 e. The van der Waals surface area contributed by atoms with Crippen LogP contribution < -0.4 is 22.3 Å². The molecule has 0 aromatic heterocycles. The number of halogens is 1. The summed E-state index contributed by atoms with van der Waals surface area (Å²) >= 11 is 0. The molecule has 0 aliphatic carbocycles. The minimum absolute atomic E-state index is 0. The van der Waals surface area contributed by atoms with Gasteiger partial charge in [0.1, 0.15) is 17.1 Å². The predicted octanol–water partition coefficient (Wildman–Crippen LogP) is 3.39. The molecule has 0 radical (unpaired) electrons. The highest BCUT2D eigenvalue weighted by molar-refractivity contribution is 6.10. The van der Waals surface area contributed by atoms with E-state index in [-0.39, 0.29) is 12.4 Å². The summed E-state index contributed by atoms with van der Waals surface area (Å²) in [7, 11) is 0. The lowest BCUT2D eigenvalue weighted by Gasteiger charge is -2.13. The molecule has 0 aliphatic heterocycles. The molecule has 3 heteroatoms. The van der Waals surface area contributed by atoms with Crippen LogP contribution in [0.1, 0.15) is 11.1 Å². The number of para-hydroxylation sites is 2. The average Bonchev–Trinajstić information content (AvgIpc) is 2.77. The molecule has 4 rings (SSSR count). The number of hydrogen-bond donors (Lipinski definition) is 1. The third-order valence-corrected chi connectivity index (χ3v) is 4.61. The Labute approximate surface area is 178 Å². The fourth-order valence-corrected chi connectivity index (χ4v) is 3.19. The number of rotatable bonds is 4. The van der Waals surface area contributed by atoms with Crippen LogP contribution in [-0.2, 0) is 0 Å². The third-order valence-electron chi connectivity index (χ3n) is 4.61. The minimum Gasteiger partial charge on any atom is -1.00 e. The van der Waals surface area contributed by atoms with Gasteiger partial charge < -0.3 is 12.4 Å². The molecule has 4 aromatic rings. The Morgan fingerprint density at radius 3 is 1.52 bits per heavy atom. The number of hydrogen-bond acceptors (Lipinski definition) is 0. The van der Waals surface area contributed by atoms with E-state index in [4.69, 9.17) is 0 Å². The second kappa shape index (κ2) is 9.72. The SMILES string of the molecule is Cc1ccc(NC(c2ccccc2)=[N+](c2ccccc2)c2ccccc2)cc1.[Cl-]. The first-order chi connectivity index (χ1) is 13.8.